The van der Waals surface area contributed by atoms with Gasteiger partial charge < -0.3 is 14.7 Å². The third-order valence-electron chi connectivity index (χ3n) is 4.81. The predicted molar refractivity (Wildman–Crippen MR) is 83.2 cm³/mol. The van der Waals surface area contributed by atoms with Crippen molar-refractivity contribution in [1.29, 1.82) is 0 Å². The summed E-state index contributed by atoms with van der Waals surface area (Å²) in [4.78, 5) is 16.6. The molecule has 20 heavy (non-hydrogen) atoms. The molecule has 110 valence electrons. The van der Waals surface area contributed by atoms with Crippen LogP contribution in [0, 0.1) is 11.8 Å². The number of hydrogen-bond acceptors (Lipinski definition) is 5. The zero-order chi connectivity index (χ0) is 14.3. The molecule has 2 saturated heterocycles. The van der Waals surface area contributed by atoms with E-state index in [1.165, 1.54) is 5.70 Å². The fourth-order valence-electron chi connectivity index (χ4n) is 3.39. The third kappa shape index (κ3) is 2.35. The summed E-state index contributed by atoms with van der Waals surface area (Å²) in [5.41, 5.74) is 1.21. The quantitative estimate of drug-likeness (QED) is 0.654. The van der Waals surface area contributed by atoms with Gasteiger partial charge in [-0.15, -0.1) is 0 Å². The van der Waals surface area contributed by atoms with Crippen molar-refractivity contribution in [2.24, 2.45) is 21.8 Å². The Bertz CT molecular complexity index is 447. The second-order valence-electron chi connectivity index (χ2n) is 6.32. The highest BCUT2D eigenvalue weighted by Crippen LogP contribution is 2.34. The highest BCUT2D eigenvalue weighted by atomic mass is 15.3. The average Bonchev–Trinajstić information content (AvgIpc) is 2.60. The Kier molecular flexibility index (Phi) is 3.54. The van der Waals surface area contributed by atoms with E-state index in [4.69, 9.17) is 4.99 Å². The topological polar surface area (TPSA) is 34.4 Å². The lowest BCUT2D eigenvalue weighted by molar-refractivity contribution is 0.213. The van der Waals surface area contributed by atoms with Crippen molar-refractivity contribution in [3.8, 4) is 0 Å². The van der Waals surface area contributed by atoms with Crippen LogP contribution in [-0.2, 0) is 0 Å². The number of likely N-dealkylation sites (N-methyl/N-ethyl adjacent to an activating group) is 2. The van der Waals surface area contributed by atoms with Crippen molar-refractivity contribution in [3.63, 3.8) is 0 Å². The number of aliphatic imine (C=N–C) groups is 2. The summed E-state index contributed by atoms with van der Waals surface area (Å²) >= 11 is 0. The van der Waals surface area contributed by atoms with E-state index in [9.17, 15) is 0 Å². The summed E-state index contributed by atoms with van der Waals surface area (Å²) in [6.45, 7) is 11.7. The fourth-order valence-corrected chi connectivity index (χ4v) is 3.39. The molecule has 3 heterocycles. The molecule has 5 nitrogen and oxygen atoms in total. The largest absolute Gasteiger partial charge is 0.376 e. The Balaban J connectivity index is 1.82. The number of hydrogen-bond donors (Lipinski definition) is 0. The molecule has 3 unspecified atom stereocenters. The van der Waals surface area contributed by atoms with Gasteiger partial charge in [-0.25, -0.2) is 9.98 Å². The normalized spacial score (nSPS) is 35.0. The monoisotopic (exact) mass is 275 g/mol. The van der Waals surface area contributed by atoms with E-state index >= 15 is 0 Å². The third-order valence-corrected chi connectivity index (χ3v) is 4.81. The van der Waals surface area contributed by atoms with Crippen molar-refractivity contribution in [2.45, 2.75) is 13.0 Å². The number of fused-ring (bicyclic) bond motifs is 1. The van der Waals surface area contributed by atoms with Crippen LogP contribution in [0.4, 0.5) is 0 Å². The maximum absolute atomic E-state index is 4.96. The highest BCUT2D eigenvalue weighted by Gasteiger charge is 2.39. The zero-order valence-electron chi connectivity index (χ0n) is 12.8. The molecule has 0 bridgehead atoms. The van der Waals surface area contributed by atoms with Gasteiger partial charge >= 0.3 is 0 Å². The summed E-state index contributed by atoms with van der Waals surface area (Å²) in [6.07, 6.45) is 2.08. The second kappa shape index (κ2) is 5.20. The van der Waals surface area contributed by atoms with E-state index in [2.05, 4.69) is 53.5 Å². The Morgan fingerprint density at radius 1 is 1.20 bits per heavy atom. The molecular weight excluding hydrogens is 250 g/mol. The summed E-state index contributed by atoms with van der Waals surface area (Å²) in [7, 11) is 4.29. The minimum atomic E-state index is 0.305. The Morgan fingerprint density at radius 2 is 1.90 bits per heavy atom. The molecule has 3 aliphatic heterocycles. The van der Waals surface area contributed by atoms with Gasteiger partial charge in [0, 0.05) is 63.5 Å². The molecule has 0 aromatic heterocycles. The molecule has 3 aliphatic rings. The van der Waals surface area contributed by atoms with Crippen LogP contribution in [0.3, 0.4) is 0 Å². The summed E-state index contributed by atoms with van der Waals surface area (Å²) in [6, 6.07) is 0.305. The molecule has 3 rings (SSSR count). The van der Waals surface area contributed by atoms with E-state index in [0.717, 1.165) is 38.7 Å². The van der Waals surface area contributed by atoms with Crippen molar-refractivity contribution in [1.82, 2.24) is 14.7 Å². The second-order valence-corrected chi connectivity index (χ2v) is 6.32. The highest BCUT2D eigenvalue weighted by molar-refractivity contribution is 5.89. The van der Waals surface area contributed by atoms with E-state index in [0.29, 0.717) is 17.9 Å². The molecule has 3 atom stereocenters. The van der Waals surface area contributed by atoms with Crippen molar-refractivity contribution < 1.29 is 0 Å². The van der Waals surface area contributed by atoms with Gasteiger partial charge in [0.05, 0.1) is 6.04 Å². The molecule has 5 heteroatoms. The smallest absolute Gasteiger partial charge is 0.220 e. The first-order valence-electron chi connectivity index (χ1n) is 7.51. The van der Waals surface area contributed by atoms with Crippen LogP contribution in [0.25, 0.3) is 0 Å². The number of rotatable bonds is 0. The van der Waals surface area contributed by atoms with Gasteiger partial charge in [-0.2, -0.15) is 0 Å². The molecular formula is C15H25N5. The zero-order valence-corrected chi connectivity index (χ0v) is 12.8. The number of likely N-dealkylation sites (tertiary alicyclic amines) is 1. The van der Waals surface area contributed by atoms with E-state index in [1.54, 1.807) is 0 Å². The van der Waals surface area contributed by atoms with Gasteiger partial charge in [0.15, 0.2) is 0 Å². The van der Waals surface area contributed by atoms with Crippen LogP contribution < -0.4 is 0 Å². The van der Waals surface area contributed by atoms with Crippen molar-refractivity contribution in [3.05, 3.63) is 12.3 Å². The lowest BCUT2D eigenvalue weighted by Gasteiger charge is -2.33. The van der Waals surface area contributed by atoms with Crippen LogP contribution >= 0.6 is 0 Å². The first kappa shape index (κ1) is 13.6. The lowest BCUT2D eigenvalue weighted by atomic mass is 9.89. The number of guanidine groups is 1. The average molecular weight is 275 g/mol. The molecule has 0 amide bonds. The van der Waals surface area contributed by atoms with Gasteiger partial charge in [0.2, 0.25) is 5.96 Å². The number of nitrogens with zero attached hydrogens (tertiary/aromatic N) is 5. The van der Waals surface area contributed by atoms with E-state index < -0.39 is 0 Å². The molecule has 0 aromatic carbocycles. The van der Waals surface area contributed by atoms with Gasteiger partial charge in [0.1, 0.15) is 0 Å². The Labute approximate surface area is 121 Å². The van der Waals surface area contributed by atoms with E-state index in [1.807, 2.05) is 0 Å². The van der Waals surface area contributed by atoms with Crippen LogP contribution in [0.2, 0.25) is 0 Å². The lowest BCUT2D eigenvalue weighted by Crippen LogP contribution is -2.47. The van der Waals surface area contributed by atoms with E-state index in [-0.39, 0.29) is 0 Å². The van der Waals surface area contributed by atoms with Crippen LogP contribution in [0.5, 0.6) is 0 Å². The maximum Gasteiger partial charge on any atom is 0.220 e. The maximum atomic E-state index is 4.96. The van der Waals surface area contributed by atoms with Gasteiger partial charge in [-0.05, 0) is 7.05 Å². The van der Waals surface area contributed by atoms with Gasteiger partial charge in [-0.1, -0.05) is 13.5 Å². The standard InChI is InChI=1S/C15H25N5/c1-11-9-16-15(20-7-5-18(3)6-8-20)17-13-10-19(4)12(2)14(11)13/h9,11,13-14H,2,5-8,10H2,1,3-4H3. The van der Waals surface area contributed by atoms with Gasteiger partial charge in [0.25, 0.3) is 0 Å². The predicted octanol–water partition coefficient (Wildman–Crippen LogP) is 0.754. The summed E-state index contributed by atoms with van der Waals surface area (Å²) < 4.78 is 0. The summed E-state index contributed by atoms with van der Waals surface area (Å²) in [5, 5.41) is 0. The Morgan fingerprint density at radius 3 is 2.60 bits per heavy atom. The Hall–Kier alpha value is -1.36. The molecule has 0 saturated carbocycles. The molecule has 0 radical (unpaired) electrons. The van der Waals surface area contributed by atoms with Crippen molar-refractivity contribution >= 4 is 12.2 Å². The molecule has 0 aliphatic carbocycles. The molecule has 0 N–H and O–H groups in total. The first-order chi connectivity index (χ1) is 9.56. The molecule has 2 fully saturated rings. The van der Waals surface area contributed by atoms with Crippen molar-refractivity contribution in [2.75, 3.05) is 46.8 Å². The van der Waals surface area contributed by atoms with Crippen LogP contribution in [-0.4, -0.2) is 79.7 Å². The van der Waals surface area contributed by atoms with Crippen LogP contribution in [0.1, 0.15) is 6.92 Å². The van der Waals surface area contributed by atoms with Gasteiger partial charge in [-0.3, -0.25) is 0 Å². The first-order valence-corrected chi connectivity index (χ1v) is 7.51. The minimum Gasteiger partial charge on any atom is -0.376 e. The minimum absolute atomic E-state index is 0.305. The molecule has 0 spiro atoms. The molecule has 0 aromatic rings. The number of piperazine rings is 1. The fraction of sp³-hybridized carbons (Fsp3) is 0.733. The summed E-state index contributed by atoms with van der Waals surface area (Å²) in [5.74, 6) is 1.75. The SMILES string of the molecule is C=C1C2C(C)C=NC(N3CCN(C)CC3)=NC2CN1C. The van der Waals surface area contributed by atoms with Crippen LogP contribution in [0.15, 0.2) is 22.3 Å².